The molecule has 2 heterocycles. The number of rotatable bonds is 13. The minimum Gasteiger partial charge on any atom is -0.341 e. The van der Waals surface area contributed by atoms with Crippen LogP contribution in [-0.2, 0) is 10.8 Å². The molecule has 0 unspecified atom stereocenters. The van der Waals surface area contributed by atoms with Crippen molar-refractivity contribution in [3.8, 4) is 43.4 Å². The second-order valence-corrected chi connectivity index (χ2v) is 18.8. The van der Waals surface area contributed by atoms with Crippen molar-refractivity contribution in [3.05, 3.63) is 144 Å². The predicted molar refractivity (Wildman–Crippen MR) is 255 cm³/mol. The molecule has 2 aromatic heterocycles. The lowest BCUT2D eigenvalue weighted by Crippen LogP contribution is -2.25. The smallest absolute Gasteiger partial charge is 0.124 e. The summed E-state index contributed by atoms with van der Waals surface area (Å²) < 4.78 is 2.49. The summed E-state index contributed by atoms with van der Waals surface area (Å²) in [6.45, 7) is 12.9. The number of nitrogens with zero attached hydrogens (tertiary/aromatic N) is 3. The summed E-state index contributed by atoms with van der Waals surface area (Å²) in [5.74, 6) is 0. The van der Waals surface area contributed by atoms with Crippen LogP contribution in [0, 0.1) is 0 Å². The van der Waals surface area contributed by atoms with Crippen LogP contribution in [0.15, 0.2) is 121 Å². The maximum Gasteiger partial charge on any atom is 0.124 e. The van der Waals surface area contributed by atoms with Crippen molar-refractivity contribution < 1.29 is 0 Å². The van der Waals surface area contributed by atoms with E-state index >= 15 is 0 Å². The fourth-order valence-electron chi connectivity index (χ4n) is 10.7. The molecule has 0 N–H and O–H groups in total. The average Bonchev–Trinajstić information content (AvgIpc) is 4.05. The predicted octanol–water partition coefficient (Wildman–Crippen LogP) is 16.1. The van der Waals surface area contributed by atoms with E-state index in [0.717, 1.165) is 53.3 Å². The summed E-state index contributed by atoms with van der Waals surface area (Å²) in [5, 5.41) is 2.21. The van der Waals surface area contributed by atoms with Crippen molar-refractivity contribution in [1.29, 1.82) is 0 Å². The van der Waals surface area contributed by atoms with Crippen molar-refractivity contribution in [2.75, 3.05) is 11.4 Å². The Labute approximate surface area is 357 Å². The van der Waals surface area contributed by atoms with Crippen LogP contribution in [-0.4, -0.2) is 16.5 Å². The van der Waals surface area contributed by atoms with E-state index < -0.39 is 0 Å². The fourth-order valence-corrected chi connectivity index (χ4v) is 12.6. The summed E-state index contributed by atoms with van der Waals surface area (Å²) in [5.41, 5.74) is 18.5. The zero-order valence-corrected chi connectivity index (χ0v) is 36.7. The van der Waals surface area contributed by atoms with Crippen molar-refractivity contribution in [2.24, 2.45) is 0 Å². The lowest BCUT2D eigenvalue weighted by Gasteiger charge is -2.33. The van der Waals surface area contributed by atoms with Gasteiger partial charge < -0.3 is 4.90 Å². The van der Waals surface area contributed by atoms with E-state index in [1.807, 2.05) is 0 Å². The van der Waals surface area contributed by atoms with Gasteiger partial charge in [-0.3, -0.25) is 0 Å². The molecule has 296 valence electrons. The van der Waals surface area contributed by atoms with Crippen LogP contribution >= 0.6 is 22.7 Å². The number of benzene rings is 6. The van der Waals surface area contributed by atoms with Crippen LogP contribution < -0.4 is 4.90 Å². The van der Waals surface area contributed by atoms with Gasteiger partial charge >= 0.3 is 0 Å². The third kappa shape index (κ3) is 6.02. The Morgan fingerprint density at radius 2 is 0.881 bits per heavy atom. The second kappa shape index (κ2) is 15.2. The quantitative estimate of drug-likeness (QED) is 0.109. The Balaban J connectivity index is 1.05. The molecule has 10 rings (SSSR count). The number of anilines is 2. The topological polar surface area (TPSA) is 29.0 Å². The van der Waals surface area contributed by atoms with Crippen LogP contribution in [0.4, 0.5) is 11.4 Å². The van der Waals surface area contributed by atoms with Gasteiger partial charge in [0.1, 0.15) is 10.0 Å². The highest BCUT2D eigenvalue weighted by atomic mass is 32.1. The van der Waals surface area contributed by atoms with Gasteiger partial charge in [0.05, 0.1) is 20.4 Å². The number of unbranched alkanes of at least 4 members (excludes halogenated alkanes) is 3. The second-order valence-electron chi connectivity index (χ2n) is 16.7. The van der Waals surface area contributed by atoms with E-state index in [0.29, 0.717) is 0 Å². The van der Waals surface area contributed by atoms with E-state index in [9.17, 15) is 0 Å². The van der Waals surface area contributed by atoms with E-state index in [1.165, 1.54) is 102 Å². The standard InChI is InChI=1S/C54H53N3S2/c1-6-11-12-17-30-57(37-24-28-41-39-26-22-35(51-55-47-18-13-15-20-49(47)58-51)31-43(39)53(7-2,8-3)45(41)33-37)38-25-29-42-40-27-23-36(52-56-48-19-14-16-21-50(48)59-52)32-44(40)54(9-4,10-5)46(42)34-38/h13-16,18-29,31-34H,6-12,17,30H2,1-5H3. The first kappa shape index (κ1) is 38.1. The molecule has 0 bridgehead atoms. The van der Waals surface area contributed by atoms with E-state index in [2.05, 4.69) is 161 Å². The van der Waals surface area contributed by atoms with Crippen LogP contribution in [0.5, 0.6) is 0 Å². The van der Waals surface area contributed by atoms with Crippen molar-refractivity contribution >= 4 is 54.5 Å². The SMILES string of the molecule is CCCCCCN(c1ccc2c(c1)C(CC)(CC)c1cc(-c3nc4ccccc4s3)ccc1-2)c1ccc2c(c1)C(CC)(CC)c1cc(-c3nc4ccccc4s3)ccc1-2. The van der Waals surface area contributed by atoms with E-state index in [4.69, 9.17) is 9.97 Å². The minimum absolute atomic E-state index is 0.0542. The van der Waals surface area contributed by atoms with Crippen LogP contribution in [0.2, 0.25) is 0 Å². The number of hydrogen-bond donors (Lipinski definition) is 0. The van der Waals surface area contributed by atoms with Crippen molar-refractivity contribution in [2.45, 2.75) is 96.8 Å². The van der Waals surface area contributed by atoms with Crippen molar-refractivity contribution in [1.82, 2.24) is 9.97 Å². The molecular weight excluding hydrogens is 755 g/mol. The Morgan fingerprint density at radius 3 is 1.31 bits per heavy atom. The monoisotopic (exact) mass is 807 g/mol. The lowest BCUT2D eigenvalue weighted by molar-refractivity contribution is 0.490. The average molecular weight is 808 g/mol. The van der Waals surface area contributed by atoms with Crippen LogP contribution in [0.25, 0.3) is 63.8 Å². The maximum atomic E-state index is 5.07. The van der Waals surface area contributed by atoms with Gasteiger partial charge in [-0.25, -0.2) is 9.97 Å². The molecule has 6 aromatic carbocycles. The maximum absolute atomic E-state index is 5.07. The molecule has 2 aliphatic rings. The molecule has 0 aliphatic heterocycles. The molecule has 0 radical (unpaired) electrons. The Morgan fingerprint density at radius 1 is 0.458 bits per heavy atom. The van der Waals surface area contributed by atoms with Gasteiger partial charge in [0.2, 0.25) is 0 Å². The van der Waals surface area contributed by atoms with Gasteiger partial charge in [0.25, 0.3) is 0 Å². The third-order valence-electron chi connectivity index (χ3n) is 14.0. The number of para-hydroxylation sites is 2. The van der Waals surface area contributed by atoms with Gasteiger partial charge in [0, 0.05) is 39.9 Å². The van der Waals surface area contributed by atoms with Crippen LogP contribution in [0.1, 0.15) is 108 Å². The summed E-state index contributed by atoms with van der Waals surface area (Å²) in [7, 11) is 0. The molecule has 8 aromatic rings. The zero-order chi connectivity index (χ0) is 40.3. The molecule has 0 fully saturated rings. The summed E-state index contributed by atoms with van der Waals surface area (Å²) in [4.78, 5) is 12.8. The molecule has 0 saturated carbocycles. The molecule has 2 aliphatic carbocycles. The molecule has 0 amide bonds. The van der Waals surface area contributed by atoms with Gasteiger partial charge in [-0.1, -0.05) is 115 Å². The molecule has 5 heteroatoms. The van der Waals surface area contributed by atoms with E-state index in [-0.39, 0.29) is 10.8 Å². The Hall–Kier alpha value is -5.10. The number of thiazole rings is 2. The molecule has 59 heavy (non-hydrogen) atoms. The van der Waals surface area contributed by atoms with Gasteiger partial charge in [-0.2, -0.15) is 0 Å². The number of aromatic nitrogens is 2. The summed E-state index contributed by atoms with van der Waals surface area (Å²) in [6.07, 6.45) is 9.12. The Kier molecular flexibility index (Phi) is 9.81. The van der Waals surface area contributed by atoms with Gasteiger partial charge in [-0.05, 0) is 137 Å². The molecular formula is C54H53N3S2. The van der Waals surface area contributed by atoms with Crippen molar-refractivity contribution in [3.63, 3.8) is 0 Å². The highest BCUT2D eigenvalue weighted by Gasteiger charge is 2.43. The highest BCUT2D eigenvalue weighted by Crippen LogP contribution is 2.57. The number of fused-ring (bicyclic) bond motifs is 8. The first-order chi connectivity index (χ1) is 28.9. The van der Waals surface area contributed by atoms with Gasteiger partial charge in [0.15, 0.2) is 0 Å². The number of hydrogen-bond acceptors (Lipinski definition) is 5. The van der Waals surface area contributed by atoms with Crippen LogP contribution in [0.3, 0.4) is 0 Å². The normalized spacial score (nSPS) is 14.4. The molecule has 3 nitrogen and oxygen atoms in total. The summed E-state index contributed by atoms with van der Waals surface area (Å²) in [6, 6.07) is 46.1. The molecule has 0 saturated heterocycles. The lowest BCUT2D eigenvalue weighted by atomic mass is 9.73. The first-order valence-corrected chi connectivity index (χ1v) is 23.7. The Bertz CT molecular complexity index is 2600. The van der Waals surface area contributed by atoms with Gasteiger partial charge in [-0.15, -0.1) is 22.7 Å². The van der Waals surface area contributed by atoms with E-state index in [1.54, 1.807) is 22.7 Å². The summed E-state index contributed by atoms with van der Waals surface area (Å²) >= 11 is 3.59. The largest absolute Gasteiger partial charge is 0.341 e. The zero-order valence-electron chi connectivity index (χ0n) is 35.1. The fraction of sp³-hybridized carbons (Fsp3) is 0.296. The third-order valence-corrected chi connectivity index (χ3v) is 16.2. The highest BCUT2D eigenvalue weighted by molar-refractivity contribution is 7.22. The molecule has 0 atom stereocenters. The minimum atomic E-state index is -0.0542. The first-order valence-electron chi connectivity index (χ1n) is 22.0. The molecule has 0 spiro atoms.